The van der Waals surface area contributed by atoms with E-state index in [0.717, 1.165) is 0 Å². The lowest BCUT2D eigenvalue weighted by Crippen LogP contribution is -2.42. The summed E-state index contributed by atoms with van der Waals surface area (Å²) in [6.45, 7) is -0.164. The standard InChI is InChI=1S/C9H11N3O4/c10-2-4-12(5-3-11)8(9(14)15)1-6-16-7-13/h7-8H,1,4-6H2,(H,14,15). The van der Waals surface area contributed by atoms with E-state index in [2.05, 4.69) is 4.74 Å². The maximum atomic E-state index is 10.9. The number of nitrogens with zero attached hydrogens (tertiary/aromatic N) is 3. The number of carboxylic acids is 1. The fraction of sp³-hybridized carbons (Fsp3) is 0.556. The van der Waals surface area contributed by atoms with Crippen molar-refractivity contribution < 1.29 is 19.4 Å². The van der Waals surface area contributed by atoms with Crippen LogP contribution in [0.25, 0.3) is 0 Å². The predicted octanol–water partition coefficient (Wildman–Crippen LogP) is -0.648. The Hall–Kier alpha value is -2.12. The van der Waals surface area contributed by atoms with Crippen LogP contribution in [0.15, 0.2) is 0 Å². The molecule has 0 fully saturated rings. The van der Waals surface area contributed by atoms with Crippen LogP contribution >= 0.6 is 0 Å². The molecule has 86 valence electrons. The molecule has 0 aliphatic carbocycles. The highest BCUT2D eigenvalue weighted by Crippen LogP contribution is 2.04. The SMILES string of the molecule is N#CCN(CC#N)C(CCOC=O)C(=O)O. The second kappa shape index (κ2) is 8.21. The molecule has 0 saturated heterocycles. The first-order chi connectivity index (χ1) is 7.67. The molecule has 0 spiro atoms. The van der Waals surface area contributed by atoms with Gasteiger partial charge in [0.25, 0.3) is 6.47 Å². The Morgan fingerprint density at radius 1 is 1.44 bits per heavy atom. The number of hydrogen-bond donors (Lipinski definition) is 1. The second-order valence-corrected chi connectivity index (χ2v) is 2.83. The normalized spacial score (nSPS) is 11.2. The van der Waals surface area contributed by atoms with Gasteiger partial charge < -0.3 is 9.84 Å². The molecule has 7 heteroatoms. The van der Waals surface area contributed by atoms with Gasteiger partial charge in [-0.15, -0.1) is 0 Å². The summed E-state index contributed by atoms with van der Waals surface area (Å²) >= 11 is 0. The minimum Gasteiger partial charge on any atom is -0.480 e. The number of carbonyl (C=O) groups excluding carboxylic acids is 1. The second-order valence-electron chi connectivity index (χ2n) is 2.83. The fourth-order valence-electron chi connectivity index (χ4n) is 1.15. The molecule has 0 aromatic rings. The maximum absolute atomic E-state index is 10.9. The zero-order valence-corrected chi connectivity index (χ0v) is 8.50. The smallest absolute Gasteiger partial charge is 0.321 e. The first-order valence-electron chi connectivity index (χ1n) is 4.43. The van der Waals surface area contributed by atoms with Crippen molar-refractivity contribution in [3.05, 3.63) is 0 Å². The van der Waals surface area contributed by atoms with Crippen molar-refractivity contribution in [1.29, 1.82) is 10.5 Å². The van der Waals surface area contributed by atoms with Crippen LogP contribution in [0.5, 0.6) is 0 Å². The van der Waals surface area contributed by atoms with Crippen LogP contribution in [0.3, 0.4) is 0 Å². The van der Waals surface area contributed by atoms with Crippen molar-refractivity contribution in [3.63, 3.8) is 0 Å². The largest absolute Gasteiger partial charge is 0.480 e. The van der Waals surface area contributed by atoms with Gasteiger partial charge in [0, 0.05) is 6.42 Å². The number of carbonyl (C=O) groups is 2. The van der Waals surface area contributed by atoms with E-state index in [1.807, 2.05) is 0 Å². The molecular formula is C9H11N3O4. The number of hydrogen-bond acceptors (Lipinski definition) is 6. The highest BCUT2D eigenvalue weighted by atomic mass is 16.5. The van der Waals surface area contributed by atoms with Crippen molar-refractivity contribution >= 4 is 12.4 Å². The number of aliphatic carboxylic acids is 1. The van der Waals surface area contributed by atoms with Gasteiger partial charge in [0.1, 0.15) is 6.04 Å². The van der Waals surface area contributed by atoms with Crippen molar-refractivity contribution in [2.24, 2.45) is 0 Å². The van der Waals surface area contributed by atoms with E-state index >= 15 is 0 Å². The Kier molecular flexibility index (Phi) is 7.12. The molecule has 0 heterocycles. The lowest BCUT2D eigenvalue weighted by Gasteiger charge is -2.23. The highest BCUT2D eigenvalue weighted by molar-refractivity contribution is 5.73. The third-order valence-corrected chi connectivity index (χ3v) is 1.85. The first-order valence-corrected chi connectivity index (χ1v) is 4.43. The summed E-state index contributed by atoms with van der Waals surface area (Å²) in [5, 5.41) is 25.9. The van der Waals surface area contributed by atoms with Gasteiger partial charge in [-0.3, -0.25) is 14.5 Å². The van der Waals surface area contributed by atoms with Crippen molar-refractivity contribution in [3.8, 4) is 12.1 Å². The fourth-order valence-corrected chi connectivity index (χ4v) is 1.15. The molecule has 0 aromatic heterocycles. The Morgan fingerprint density at radius 3 is 2.38 bits per heavy atom. The van der Waals surface area contributed by atoms with Gasteiger partial charge in [-0.25, -0.2) is 0 Å². The van der Waals surface area contributed by atoms with E-state index in [4.69, 9.17) is 15.6 Å². The monoisotopic (exact) mass is 225 g/mol. The van der Waals surface area contributed by atoms with Gasteiger partial charge in [-0.2, -0.15) is 10.5 Å². The average molecular weight is 225 g/mol. The summed E-state index contributed by atoms with van der Waals surface area (Å²) in [7, 11) is 0. The van der Waals surface area contributed by atoms with Gasteiger partial charge >= 0.3 is 5.97 Å². The summed E-state index contributed by atoms with van der Waals surface area (Å²) < 4.78 is 4.38. The van der Waals surface area contributed by atoms with Gasteiger partial charge in [-0.1, -0.05) is 0 Å². The Morgan fingerprint density at radius 2 is 2.00 bits per heavy atom. The van der Waals surface area contributed by atoms with Crippen LogP contribution in [0.1, 0.15) is 6.42 Å². The maximum Gasteiger partial charge on any atom is 0.321 e. The van der Waals surface area contributed by atoms with Crippen LogP contribution in [0.4, 0.5) is 0 Å². The van der Waals surface area contributed by atoms with E-state index < -0.39 is 12.0 Å². The number of carboxylic acid groups (broad SMARTS) is 1. The van der Waals surface area contributed by atoms with Gasteiger partial charge in [0.05, 0.1) is 31.8 Å². The Labute approximate surface area is 92.4 Å². The van der Waals surface area contributed by atoms with Crippen LogP contribution in [0, 0.1) is 22.7 Å². The van der Waals surface area contributed by atoms with Crippen LogP contribution < -0.4 is 0 Å². The summed E-state index contributed by atoms with van der Waals surface area (Å²) in [5.74, 6) is -1.15. The van der Waals surface area contributed by atoms with E-state index in [9.17, 15) is 9.59 Å². The third-order valence-electron chi connectivity index (χ3n) is 1.85. The number of ether oxygens (including phenoxy) is 1. The van der Waals surface area contributed by atoms with Crippen LogP contribution in [0.2, 0.25) is 0 Å². The van der Waals surface area contributed by atoms with E-state index in [1.165, 1.54) is 4.90 Å². The quantitative estimate of drug-likeness (QED) is 0.331. The van der Waals surface area contributed by atoms with Gasteiger partial charge in [0.2, 0.25) is 0 Å². The van der Waals surface area contributed by atoms with E-state index in [-0.39, 0.29) is 32.6 Å². The van der Waals surface area contributed by atoms with Crippen LogP contribution in [-0.4, -0.2) is 48.2 Å². The lowest BCUT2D eigenvalue weighted by atomic mass is 10.2. The van der Waals surface area contributed by atoms with Crippen LogP contribution in [-0.2, 0) is 14.3 Å². The summed E-state index contributed by atoms with van der Waals surface area (Å²) in [5.41, 5.74) is 0. The molecule has 0 amide bonds. The molecule has 0 radical (unpaired) electrons. The van der Waals surface area contributed by atoms with Crippen molar-refractivity contribution in [2.75, 3.05) is 19.7 Å². The van der Waals surface area contributed by atoms with E-state index in [0.29, 0.717) is 0 Å². The molecule has 1 unspecified atom stereocenters. The molecule has 0 bridgehead atoms. The third kappa shape index (κ3) is 4.94. The minimum atomic E-state index is -1.15. The zero-order chi connectivity index (χ0) is 12.4. The molecule has 1 atom stereocenters. The topological polar surface area (TPSA) is 114 Å². The van der Waals surface area contributed by atoms with Gasteiger partial charge in [-0.05, 0) is 0 Å². The summed E-state index contributed by atoms with van der Waals surface area (Å²) in [4.78, 5) is 22.0. The molecule has 16 heavy (non-hydrogen) atoms. The molecule has 7 nitrogen and oxygen atoms in total. The molecule has 0 aliphatic rings. The molecule has 0 saturated carbocycles. The summed E-state index contributed by atoms with van der Waals surface area (Å²) in [6.07, 6.45) is 0.0391. The predicted molar refractivity (Wildman–Crippen MR) is 50.9 cm³/mol. The molecular weight excluding hydrogens is 214 g/mol. The van der Waals surface area contributed by atoms with Gasteiger partial charge in [0.15, 0.2) is 0 Å². The molecule has 0 aromatic carbocycles. The van der Waals surface area contributed by atoms with E-state index in [1.54, 1.807) is 12.1 Å². The molecule has 0 rings (SSSR count). The molecule has 0 aliphatic heterocycles. The van der Waals surface area contributed by atoms with Crippen molar-refractivity contribution in [1.82, 2.24) is 4.90 Å². The Bertz CT molecular complexity index is 302. The number of rotatable bonds is 8. The first kappa shape index (κ1) is 13.9. The Balaban J connectivity index is 4.46. The zero-order valence-electron chi connectivity index (χ0n) is 8.50. The number of nitriles is 2. The summed E-state index contributed by atoms with van der Waals surface area (Å²) in [6, 6.07) is 2.56. The lowest BCUT2D eigenvalue weighted by molar-refractivity contribution is -0.144. The van der Waals surface area contributed by atoms with Crippen molar-refractivity contribution in [2.45, 2.75) is 12.5 Å². The minimum absolute atomic E-state index is 0.0391. The highest BCUT2D eigenvalue weighted by Gasteiger charge is 2.25. The molecule has 1 N–H and O–H groups in total. The average Bonchev–Trinajstić information content (AvgIpc) is 2.24.